The number of pyridine rings is 1. The summed E-state index contributed by atoms with van der Waals surface area (Å²) in [5.41, 5.74) is 2.44. The van der Waals surface area contributed by atoms with Crippen LogP contribution >= 0.6 is 0 Å². The lowest BCUT2D eigenvalue weighted by Crippen LogP contribution is -2.25. The van der Waals surface area contributed by atoms with Crippen LogP contribution < -0.4 is 5.32 Å². The second-order valence-corrected chi connectivity index (χ2v) is 4.24. The van der Waals surface area contributed by atoms with Gasteiger partial charge in [-0.25, -0.2) is 0 Å². The van der Waals surface area contributed by atoms with Gasteiger partial charge in [0.2, 0.25) is 0 Å². The minimum absolute atomic E-state index is 0.190. The van der Waals surface area contributed by atoms with Gasteiger partial charge in [-0.3, -0.25) is 9.67 Å². The van der Waals surface area contributed by atoms with Gasteiger partial charge in [-0.2, -0.15) is 5.10 Å². The topological polar surface area (TPSA) is 42.7 Å². The van der Waals surface area contributed by atoms with Crippen molar-refractivity contribution in [2.75, 3.05) is 6.54 Å². The second kappa shape index (κ2) is 6.31. The highest BCUT2D eigenvalue weighted by molar-refractivity contribution is 5.25. The maximum absolute atomic E-state index is 4.35. The molecule has 0 amide bonds. The molecule has 0 saturated carbocycles. The third-order valence-corrected chi connectivity index (χ3v) is 2.98. The van der Waals surface area contributed by atoms with Crippen molar-refractivity contribution in [2.24, 2.45) is 0 Å². The van der Waals surface area contributed by atoms with Crippen LogP contribution in [0.15, 0.2) is 36.8 Å². The zero-order valence-corrected chi connectivity index (χ0v) is 11.0. The van der Waals surface area contributed by atoms with Gasteiger partial charge in [0.15, 0.2) is 0 Å². The Labute approximate surface area is 108 Å². The minimum atomic E-state index is 0.190. The summed E-state index contributed by atoms with van der Waals surface area (Å²) < 4.78 is 2.04. The van der Waals surface area contributed by atoms with Crippen molar-refractivity contribution in [3.05, 3.63) is 48.0 Å². The van der Waals surface area contributed by atoms with Crippen molar-refractivity contribution in [3.8, 4) is 0 Å². The first kappa shape index (κ1) is 12.8. The number of nitrogens with zero attached hydrogens (tertiary/aromatic N) is 3. The molecule has 2 aromatic heterocycles. The first-order chi connectivity index (χ1) is 8.86. The highest BCUT2D eigenvalue weighted by atomic mass is 15.3. The minimum Gasteiger partial charge on any atom is -0.305 e. The molecule has 1 unspecified atom stereocenters. The predicted molar refractivity (Wildman–Crippen MR) is 72.3 cm³/mol. The molecular weight excluding hydrogens is 224 g/mol. The van der Waals surface area contributed by atoms with E-state index in [2.05, 4.69) is 47.4 Å². The third-order valence-electron chi connectivity index (χ3n) is 2.98. The van der Waals surface area contributed by atoms with Crippen molar-refractivity contribution >= 4 is 0 Å². The molecule has 18 heavy (non-hydrogen) atoms. The van der Waals surface area contributed by atoms with Crippen molar-refractivity contribution in [2.45, 2.75) is 32.9 Å². The van der Waals surface area contributed by atoms with Gasteiger partial charge in [0.1, 0.15) is 0 Å². The maximum Gasteiger partial charge on any atom is 0.0749 e. The monoisotopic (exact) mass is 244 g/mol. The Hall–Kier alpha value is -1.68. The Morgan fingerprint density at radius 1 is 1.17 bits per heavy atom. The Morgan fingerprint density at radius 3 is 2.61 bits per heavy atom. The number of nitrogens with one attached hydrogen (secondary N) is 1. The van der Waals surface area contributed by atoms with Crippen LogP contribution in [-0.2, 0) is 6.54 Å². The van der Waals surface area contributed by atoms with Crippen molar-refractivity contribution < 1.29 is 0 Å². The first-order valence-corrected chi connectivity index (χ1v) is 6.51. The van der Waals surface area contributed by atoms with E-state index < -0.39 is 0 Å². The summed E-state index contributed by atoms with van der Waals surface area (Å²) in [4.78, 5) is 4.08. The van der Waals surface area contributed by atoms with Crippen LogP contribution in [0.4, 0.5) is 0 Å². The second-order valence-electron chi connectivity index (χ2n) is 4.24. The zero-order chi connectivity index (χ0) is 12.8. The number of hydrogen-bond donors (Lipinski definition) is 1. The highest BCUT2D eigenvalue weighted by Gasteiger charge is 2.16. The SMILES string of the molecule is CCCNC(c1ccncc1)c1ccnn1CC. The molecule has 1 N–H and O–H groups in total. The van der Waals surface area contributed by atoms with E-state index in [1.807, 2.05) is 23.3 Å². The fourth-order valence-corrected chi connectivity index (χ4v) is 2.09. The molecule has 0 spiro atoms. The van der Waals surface area contributed by atoms with Gasteiger partial charge in [-0.05, 0) is 43.7 Å². The number of aromatic nitrogens is 3. The van der Waals surface area contributed by atoms with E-state index in [0.717, 1.165) is 19.5 Å². The highest BCUT2D eigenvalue weighted by Crippen LogP contribution is 2.21. The Kier molecular flexibility index (Phi) is 4.47. The number of rotatable bonds is 6. The van der Waals surface area contributed by atoms with E-state index in [9.17, 15) is 0 Å². The van der Waals surface area contributed by atoms with E-state index in [4.69, 9.17) is 0 Å². The smallest absolute Gasteiger partial charge is 0.0749 e. The summed E-state index contributed by atoms with van der Waals surface area (Å²) in [6.07, 6.45) is 6.65. The lowest BCUT2D eigenvalue weighted by molar-refractivity contribution is 0.529. The van der Waals surface area contributed by atoms with E-state index in [-0.39, 0.29) is 6.04 Å². The maximum atomic E-state index is 4.35. The summed E-state index contributed by atoms with van der Waals surface area (Å²) in [6, 6.07) is 6.38. The van der Waals surface area contributed by atoms with Crippen molar-refractivity contribution in [3.63, 3.8) is 0 Å². The summed E-state index contributed by atoms with van der Waals surface area (Å²) in [7, 11) is 0. The van der Waals surface area contributed by atoms with Gasteiger partial charge in [0.05, 0.1) is 11.7 Å². The average Bonchev–Trinajstić information content (AvgIpc) is 2.89. The van der Waals surface area contributed by atoms with Crippen LogP contribution in [0.25, 0.3) is 0 Å². The third kappa shape index (κ3) is 2.76. The molecule has 4 nitrogen and oxygen atoms in total. The van der Waals surface area contributed by atoms with Gasteiger partial charge >= 0.3 is 0 Å². The molecule has 0 aliphatic carbocycles. The van der Waals surface area contributed by atoms with Crippen LogP contribution in [0.5, 0.6) is 0 Å². The fraction of sp³-hybridized carbons (Fsp3) is 0.429. The van der Waals surface area contributed by atoms with Gasteiger partial charge in [0.25, 0.3) is 0 Å². The molecule has 2 rings (SSSR count). The molecular formula is C14H20N4. The molecule has 4 heteroatoms. The molecule has 0 bridgehead atoms. The van der Waals surface area contributed by atoms with Crippen molar-refractivity contribution in [1.82, 2.24) is 20.1 Å². The van der Waals surface area contributed by atoms with E-state index >= 15 is 0 Å². The van der Waals surface area contributed by atoms with Crippen LogP contribution in [0.2, 0.25) is 0 Å². The molecule has 0 aliphatic rings. The van der Waals surface area contributed by atoms with Gasteiger partial charge < -0.3 is 5.32 Å². The summed E-state index contributed by atoms with van der Waals surface area (Å²) in [6.45, 7) is 6.16. The molecule has 0 radical (unpaired) electrons. The Morgan fingerprint density at radius 2 is 1.94 bits per heavy atom. The lowest BCUT2D eigenvalue weighted by Gasteiger charge is -2.20. The molecule has 0 saturated heterocycles. The number of aryl methyl sites for hydroxylation is 1. The van der Waals surface area contributed by atoms with Gasteiger partial charge in [-0.15, -0.1) is 0 Å². The summed E-state index contributed by atoms with van der Waals surface area (Å²) in [5, 5.41) is 7.92. The van der Waals surface area contributed by atoms with E-state index in [0.29, 0.717) is 0 Å². The Balaban J connectivity index is 2.31. The van der Waals surface area contributed by atoms with Crippen LogP contribution in [0.1, 0.15) is 37.6 Å². The van der Waals surface area contributed by atoms with Crippen LogP contribution in [0, 0.1) is 0 Å². The lowest BCUT2D eigenvalue weighted by atomic mass is 10.0. The van der Waals surface area contributed by atoms with Crippen molar-refractivity contribution in [1.29, 1.82) is 0 Å². The van der Waals surface area contributed by atoms with E-state index in [1.54, 1.807) is 0 Å². The molecule has 2 aromatic rings. The fourth-order valence-electron chi connectivity index (χ4n) is 2.09. The van der Waals surface area contributed by atoms with Gasteiger partial charge in [0, 0.05) is 25.1 Å². The number of hydrogen-bond acceptors (Lipinski definition) is 3. The molecule has 96 valence electrons. The quantitative estimate of drug-likeness (QED) is 0.848. The van der Waals surface area contributed by atoms with Crippen LogP contribution in [0.3, 0.4) is 0 Å². The normalized spacial score (nSPS) is 12.6. The van der Waals surface area contributed by atoms with Gasteiger partial charge in [-0.1, -0.05) is 6.92 Å². The molecule has 1 atom stereocenters. The molecule has 0 aliphatic heterocycles. The summed E-state index contributed by atoms with van der Waals surface area (Å²) in [5.74, 6) is 0. The summed E-state index contributed by atoms with van der Waals surface area (Å²) >= 11 is 0. The molecule has 0 fully saturated rings. The molecule has 0 aromatic carbocycles. The van der Waals surface area contributed by atoms with Crippen LogP contribution in [-0.4, -0.2) is 21.3 Å². The average molecular weight is 244 g/mol. The Bertz CT molecular complexity index is 464. The zero-order valence-electron chi connectivity index (χ0n) is 11.0. The standard InChI is InChI=1S/C14H20N4/c1-3-8-16-14(12-5-9-15-10-6-12)13-7-11-17-18(13)4-2/h5-7,9-11,14,16H,3-4,8H2,1-2H3. The van der Waals surface area contributed by atoms with E-state index in [1.165, 1.54) is 11.3 Å². The molecule has 2 heterocycles. The first-order valence-electron chi connectivity index (χ1n) is 6.51. The largest absolute Gasteiger partial charge is 0.305 e. The predicted octanol–water partition coefficient (Wildman–Crippen LogP) is 2.39.